The van der Waals surface area contributed by atoms with Gasteiger partial charge in [0, 0.05) is 49.6 Å². The molecule has 1 aliphatic heterocycles. The van der Waals surface area contributed by atoms with Gasteiger partial charge in [0.05, 0.1) is 0 Å². The molecule has 27 heavy (non-hydrogen) atoms. The molecule has 0 bridgehead atoms. The number of tetrazole rings is 1. The Kier molecular flexibility index (Phi) is 6.28. The zero-order chi connectivity index (χ0) is 19.2. The van der Waals surface area contributed by atoms with Gasteiger partial charge in [0.1, 0.15) is 0 Å². The predicted octanol–water partition coefficient (Wildman–Crippen LogP) is 1.03. The van der Waals surface area contributed by atoms with E-state index in [4.69, 9.17) is 5.73 Å². The molecule has 0 saturated carbocycles. The fourth-order valence-electron chi connectivity index (χ4n) is 2.98. The van der Waals surface area contributed by atoms with Gasteiger partial charge in [0.15, 0.2) is 0 Å². The second kappa shape index (κ2) is 8.85. The Balaban J connectivity index is 1.44. The van der Waals surface area contributed by atoms with E-state index in [1.807, 2.05) is 24.3 Å². The number of carbonyl (C=O) groups is 2. The summed E-state index contributed by atoms with van der Waals surface area (Å²) in [7, 11) is 1.76. The van der Waals surface area contributed by atoms with Crippen LogP contribution in [0.1, 0.15) is 19.3 Å². The molecule has 0 aliphatic carbocycles. The quantitative estimate of drug-likeness (QED) is 0.679. The van der Waals surface area contributed by atoms with Crippen LogP contribution in [0.2, 0.25) is 0 Å². The lowest BCUT2D eigenvalue weighted by molar-refractivity contribution is -0.122. The topological polar surface area (TPSA) is 119 Å². The van der Waals surface area contributed by atoms with E-state index < -0.39 is 0 Å². The maximum atomic E-state index is 12.1. The molecule has 0 unspecified atom stereocenters. The molecule has 1 aliphatic rings. The second-order valence-electron chi connectivity index (χ2n) is 6.44. The monoisotopic (exact) mass is 389 g/mol. The van der Waals surface area contributed by atoms with Crippen molar-refractivity contribution in [1.29, 1.82) is 0 Å². The maximum absolute atomic E-state index is 12.1. The molecule has 1 saturated heterocycles. The zero-order valence-electron chi connectivity index (χ0n) is 15.2. The van der Waals surface area contributed by atoms with Crippen molar-refractivity contribution in [3.8, 4) is 0 Å². The summed E-state index contributed by atoms with van der Waals surface area (Å²) in [4.78, 5) is 25.6. The number of thioether (sulfide) groups is 1. The van der Waals surface area contributed by atoms with Gasteiger partial charge >= 0.3 is 0 Å². The molecule has 2 amide bonds. The number of hydrogen-bond donors (Lipinski definition) is 2. The lowest BCUT2D eigenvalue weighted by Crippen LogP contribution is -2.38. The van der Waals surface area contributed by atoms with Gasteiger partial charge in [-0.25, -0.2) is 4.68 Å². The summed E-state index contributed by atoms with van der Waals surface area (Å²) < 4.78 is 1.58. The third-order valence-corrected chi connectivity index (χ3v) is 5.57. The molecule has 0 radical (unpaired) electrons. The van der Waals surface area contributed by atoms with E-state index in [1.54, 1.807) is 11.7 Å². The summed E-state index contributed by atoms with van der Waals surface area (Å²) in [6.45, 7) is 1.63. The van der Waals surface area contributed by atoms with Gasteiger partial charge in [0.2, 0.25) is 17.0 Å². The molecule has 144 valence electrons. The van der Waals surface area contributed by atoms with Crippen LogP contribution in [0, 0.1) is 5.92 Å². The molecule has 0 atom stereocenters. The van der Waals surface area contributed by atoms with Gasteiger partial charge < -0.3 is 16.0 Å². The first-order valence-corrected chi connectivity index (χ1v) is 9.81. The van der Waals surface area contributed by atoms with E-state index in [0.717, 1.165) is 37.3 Å². The first-order chi connectivity index (χ1) is 13.0. The normalized spacial score (nSPS) is 14.9. The van der Waals surface area contributed by atoms with Crippen LogP contribution in [0.3, 0.4) is 0 Å². The summed E-state index contributed by atoms with van der Waals surface area (Å²) in [5.41, 5.74) is 7.23. The molecule has 1 fully saturated rings. The van der Waals surface area contributed by atoms with Crippen molar-refractivity contribution in [2.24, 2.45) is 18.7 Å². The minimum absolute atomic E-state index is 0.0185. The van der Waals surface area contributed by atoms with Gasteiger partial charge in [-0.2, -0.15) is 0 Å². The van der Waals surface area contributed by atoms with E-state index in [0.29, 0.717) is 17.3 Å². The average Bonchev–Trinajstić information content (AvgIpc) is 3.07. The summed E-state index contributed by atoms with van der Waals surface area (Å²) in [6.07, 6.45) is 1.94. The van der Waals surface area contributed by atoms with Crippen molar-refractivity contribution < 1.29 is 9.59 Å². The Labute approximate surface area is 161 Å². The Morgan fingerprint density at radius 1 is 1.26 bits per heavy atom. The van der Waals surface area contributed by atoms with Gasteiger partial charge in [0.25, 0.3) is 0 Å². The molecule has 1 aromatic heterocycles. The van der Waals surface area contributed by atoms with Crippen molar-refractivity contribution in [3.05, 3.63) is 24.3 Å². The van der Waals surface area contributed by atoms with Crippen molar-refractivity contribution in [2.75, 3.05) is 29.1 Å². The number of nitrogens with zero attached hydrogens (tertiary/aromatic N) is 5. The number of anilines is 2. The van der Waals surface area contributed by atoms with Crippen molar-refractivity contribution in [2.45, 2.75) is 24.4 Å². The number of amides is 2. The van der Waals surface area contributed by atoms with E-state index in [1.165, 1.54) is 11.8 Å². The minimum Gasteiger partial charge on any atom is -0.371 e. The molecule has 3 N–H and O–H groups in total. The van der Waals surface area contributed by atoms with Crippen molar-refractivity contribution >= 4 is 35.0 Å². The van der Waals surface area contributed by atoms with Crippen LogP contribution >= 0.6 is 11.8 Å². The molecule has 0 spiro atoms. The Hall–Kier alpha value is -2.62. The third kappa shape index (κ3) is 5.19. The van der Waals surface area contributed by atoms with E-state index in [2.05, 4.69) is 25.7 Å². The second-order valence-corrected chi connectivity index (χ2v) is 7.50. The number of nitrogens with two attached hydrogens (primary N) is 1. The highest BCUT2D eigenvalue weighted by atomic mass is 32.2. The van der Waals surface area contributed by atoms with Crippen molar-refractivity contribution in [1.82, 2.24) is 20.2 Å². The molecule has 1 aromatic carbocycles. The minimum atomic E-state index is -0.207. The molecular formula is C17H23N7O2S. The van der Waals surface area contributed by atoms with Crippen LogP contribution < -0.4 is 16.0 Å². The summed E-state index contributed by atoms with van der Waals surface area (Å²) in [5.74, 6) is 0.330. The zero-order valence-corrected chi connectivity index (χ0v) is 16.0. The Bertz CT molecular complexity index is 785. The fourth-order valence-corrected chi connectivity index (χ4v) is 3.77. The standard InChI is InChI=1S/C17H23N7O2S/c1-23-17(20-21-22-23)27-11-8-15(25)19-13-2-4-14(5-3-13)24-9-6-12(7-10-24)16(18)26/h2-5,12H,6-11H2,1H3,(H2,18,26)(H,19,25). The van der Waals surface area contributed by atoms with Gasteiger partial charge in [-0.05, 0) is 47.5 Å². The molecule has 9 nitrogen and oxygen atoms in total. The molecule has 2 aromatic rings. The SMILES string of the molecule is Cn1nnnc1SCCC(=O)Nc1ccc(N2CCC(C(N)=O)CC2)cc1. The number of primary amides is 1. The predicted molar refractivity (Wildman–Crippen MR) is 103 cm³/mol. The first kappa shape index (κ1) is 19.2. The number of aromatic nitrogens is 4. The van der Waals surface area contributed by atoms with Crippen LogP contribution in [0.25, 0.3) is 0 Å². The summed E-state index contributed by atoms with van der Waals surface area (Å²) in [5, 5.41) is 14.8. The number of rotatable bonds is 7. The summed E-state index contributed by atoms with van der Waals surface area (Å²) in [6, 6.07) is 7.76. The molecule has 10 heteroatoms. The van der Waals surface area contributed by atoms with Crippen LogP contribution in [-0.4, -0.2) is 50.9 Å². The molecular weight excluding hydrogens is 366 g/mol. The number of aryl methyl sites for hydroxylation is 1. The lowest BCUT2D eigenvalue weighted by atomic mass is 9.96. The van der Waals surface area contributed by atoms with E-state index in [-0.39, 0.29) is 17.7 Å². The maximum Gasteiger partial charge on any atom is 0.225 e. The Morgan fingerprint density at radius 3 is 2.56 bits per heavy atom. The van der Waals surface area contributed by atoms with Crippen LogP contribution in [0.4, 0.5) is 11.4 Å². The lowest BCUT2D eigenvalue weighted by Gasteiger charge is -2.32. The number of benzene rings is 1. The smallest absolute Gasteiger partial charge is 0.225 e. The van der Waals surface area contributed by atoms with Gasteiger partial charge in [-0.3, -0.25) is 9.59 Å². The van der Waals surface area contributed by atoms with Crippen LogP contribution in [-0.2, 0) is 16.6 Å². The number of nitrogens with one attached hydrogen (secondary N) is 1. The van der Waals surface area contributed by atoms with E-state index in [9.17, 15) is 9.59 Å². The molecule has 2 heterocycles. The van der Waals surface area contributed by atoms with Crippen LogP contribution in [0.15, 0.2) is 29.4 Å². The highest BCUT2D eigenvalue weighted by Gasteiger charge is 2.23. The number of piperidine rings is 1. The van der Waals surface area contributed by atoms with Gasteiger partial charge in [-0.1, -0.05) is 11.8 Å². The van der Waals surface area contributed by atoms with Crippen LogP contribution in [0.5, 0.6) is 0 Å². The third-order valence-electron chi connectivity index (χ3n) is 4.56. The Morgan fingerprint density at radius 2 is 1.96 bits per heavy atom. The highest BCUT2D eigenvalue weighted by Crippen LogP contribution is 2.24. The number of hydrogen-bond acceptors (Lipinski definition) is 7. The first-order valence-electron chi connectivity index (χ1n) is 8.82. The van der Waals surface area contributed by atoms with Gasteiger partial charge in [-0.15, -0.1) is 5.10 Å². The largest absolute Gasteiger partial charge is 0.371 e. The highest BCUT2D eigenvalue weighted by molar-refractivity contribution is 7.99. The summed E-state index contributed by atoms with van der Waals surface area (Å²) >= 11 is 1.44. The number of carbonyl (C=O) groups excluding carboxylic acids is 2. The average molecular weight is 389 g/mol. The van der Waals surface area contributed by atoms with Crippen molar-refractivity contribution in [3.63, 3.8) is 0 Å². The fraction of sp³-hybridized carbons (Fsp3) is 0.471. The van der Waals surface area contributed by atoms with E-state index >= 15 is 0 Å². The molecule has 3 rings (SSSR count).